The first-order valence-corrected chi connectivity index (χ1v) is 6.77. The van der Waals surface area contributed by atoms with Gasteiger partial charge in [-0.25, -0.2) is 4.98 Å². The maximum atomic E-state index is 4.37. The van der Waals surface area contributed by atoms with Crippen molar-refractivity contribution in [1.82, 2.24) is 25.1 Å². The van der Waals surface area contributed by atoms with Gasteiger partial charge in [0.05, 0.1) is 0 Å². The lowest BCUT2D eigenvalue weighted by Gasteiger charge is -2.18. The fourth-order valence-corrected chi connectivity index (χ4v) is 2.13. The van der Waals surface area contributed by atoms with Gasteiger partial charge >= 0.3 is 0 Å². The lowest BCUT2D eigenvalue weighted by molar-refractivity contribution is 0.508. The minimum absolute atomic E-state index is 0.229. The smallest absolute Gasteiger partial charge is 0.138 e. The SMILES string of the molecule is CCNC(Cc1ncnn1CC)c1ccc(C)nc1. The molecule has 0 aliphatic heterocycles. The standard InChI is InChI=1S/C14H21N5/c1-4-15-13(12-7-6-11(3)16-9-12)8-14-17-10-18-19(14)5-2/h6-7,9-10,13,15H,4-5,8H2,1-3H3. The fourth-order valence-electron chi connectivity index (χ4n) is 2.13. The number of nitrogens with one attached hydrogen (secondary N) is 1. The molecule has 0 aliphatic carbocycles. The molecule has 0 bridgehead atoms. The molecule has 5 heteroatoms. The van der Waals surface area contributed by atoms with Crippen molar-refractivity contribution < 1.29 is 0 Å². The number of hydrogen-bond donors (Lipinski definition) is 1. The van der Waals surface area contributed by atoms with Crippen LogP contribution in [0.3, 0.4) is 0 Å². The molecule has 2 aromatic rings. The first kappa shape index (κ1) is 13.7. The molecule has 0 saturated carbocycles. The molecule has 1 unspecified atom stereocenters. The maximum absolute atomic E-state index is 4.37. The largest absolute Gasteiger partial charge is 0.310 e. The predicted molar refractivity (Wildman–Crippen MR) is 74.8 cm³/mol. The van der Waals surface area contributed by atoms with E-state index in [4.69, 9.17) is 0 Å². The maximum Gasteiger partial charge on any atom is 0.138 e. The normalized spacial score (nSPS) is 12.6. The summed E-state index contributed by atoms with van der Waals surface area (Å²) < 4.78 is 1.94. The third-order valence-electron chi connectivity index (χ3n) is 3.17. The van der Waals surface area contributed by atoms with Gasteiger partial charge in [0.15, 0.2) is 0 Å². The first-order valence-electron chi connectivity index (χ1n) is 6.77. The number of pyridine rings is 1. The van der Waals surface area contributed by atoms with Crippen LogP contribution in [-0.2, 0) is 13.0 Å². The van der Waals surface area contributed by atoms with E-state index in [2.05, 4.69) is 40.3 Å². The van der Waals surface area contributed by atoms with E-state index in [-0.39, 0.29) is 6.04 Å². The molecule has 0 aliphatic rings. The number of aromatic nitrogens is 4. The van der Waals surface area contributed by atoms with Gasteiger partial charge in [0.25, 0.3) is 0 Å². The molecular weight excluding hydrogens is 238 g/mol. The Hall–Kier alpha value is -1.75. The zero-order valence-corrected chi connectivity index (χ0v) is 11.8. The van der Waals surface area contributed by atoms with E-state index in [0.29, 0.717) is 0 Å². The van der Waals surface area contributed by atoms with Gasteiger partial charge in [-0.05, 0) is 32.0 Å². The second-order valence-electron chi connectivity index (χ2n) is 4.54. The van der Waals surface area contributed by atoms with Crippen molar-refractivity contribution in [1.29, 1.82) is 0 Å². The highest BCUT2D eigenvalue weighted by Crippen LogP contribution is 2.16. The van der Waals surface area contributed by atoms with Crippen molar-refractivity contribution in [2.75, 3.05) is 6.54 Å². The van der Waals surface area contributed by atoms with Crippen LogP contribution >= 0.6 is 0 Å². The molecule has 0 fully saturated rings. The van der Waals surface area contributed by atoms with E-state index >= 15 is 0 Å². The summed E-state index contributed by atoms with van der Waals surface area (Å²) in [5, 5.41) is 7.70. The topological polar surface area (TPSA) is 55.6 Å². The van der Waals surface area contributed by atoms with Gasteiger partial charge in [-0.15, -0.1) is 0 Å². The highest BCUT2D eigenvalue weighted by molar-refractivity contribution is 5.18. The molecule has 5 nitrogen and oxygen atoms in total. The summed E-state index contributed by atoms with van der Waals surface area (Å²) in [6, 6.07) is 4.40. The Morgan fingerprint density at radius 1 is 1.26 bits per heavy atom. The van der Waals surface area contributed by atoms with E-state index in [1.165, 1.54) is 5.56 Å². The zero-order valence-electron chi connectivity index (χ0n) is 11.8. The molecule has 1 N–H and O–H groups in total. The van der Waals surface area contributed by atoms with Crippen LogP contribution in [0.25, 0.3) is 0 Å². The zero-order chi connectivity index (χ0) is 13.7. The molecule has 102 valence electrons. The van der Waals surface area contributed by atoms with Crippen molar-refractivity contribution in [2.24, 2.45) is 0 Å². The van der Waals surface area contributed by atoms with E-state index in [9.17, 15) is 0 Å². The monoisotopic (exact) mass is 259 g/mol. The predicted octanol–water partition coefficient (Wildman–Crippen LogP) is 1.89. The van der Waals surface area contributed by atoms with Crippen LogP contribution in [0, 0.1) is 6.92 Å². The number of likely N-dealkylation sites (N-methyl/N-ethyl adjacent to an activating group) is 1. The van der Waals surface area contributed by atoms with Crippen LogP contribution in [0.15, 0.2) is 24.7 Å². The Morgan fingerprint density at radius 2 is 2.11 bits per heavy atom. The molecule has 0 saturated heterocycles. The number of rotatable bonds is 6. The van der Waals surface area contributed by atoms with Crippen molar-refractivity contribution in [3.8, 4) is 0 Å². The molecule has 1 atom stereocenters. The van der Waals surface area contributed by atoms with Crippen LogP contribution in [-0.4, -0.2) is 26.3 Å². The lowest BCUT2D eigenvalue weighted by Crippen LogP contribution is -2.24. The Bertz CT molecular complexity index is 503. The summed E-state index contributed by atoms with van der Waals surface area (Å²) in [5.74, 6) is 1.01. The number of aryl methyl sites for hydroxylation is 2. The average molecular weight is 259 g/mol. The van der Waals surface area contributed by atoms with E-state index in [0.717, 1.165) is 31.0 Å². The quantitative estimate of drug-likeness (QED) is 0.860. The molecular formula is C14H21N5. The van der Waals surface area contributed by atoms with Crippen molar-refractivity contribution in [2.45, 2.75) is 39.8 Å². The highest BCUT2D eigenvalue weighted by Gasteiger charge is 2.14. The summed E-state index contributed by atoms with van der Waals surface area (Å²) in [7, 11) is 0. The van der Waals surface area contributed by atoms with Crippen molar-refractivity contribution in [3.05, 3.63) is 41.7 Å². The van der Waals surface area contributed by atoms with E-state index < -0.39 is 0 Å². The van der Waals surface area contributed by atoms with E-state index in [1.54, 1.807) is 6.33 Å². The molecule has 2 aromatic heterocycles. The molecule has 0 radical (unpaired) electrons. The molecule has 0 amide bonds. The number of hydrogen-bond acceptors (Lipinski definition) is 4. The van der Waals surface area contributed by atoms with Crippen molar-refractivity contribution in [3.63, 3.8) is 0 Å². The molecule has 19 heavy (non-hydrogen) atoms. The minimum Gasteiger partial charge on any atom is -0.310 e. The van der Waals surface area contributed by atoms with Gasteiger partial charge in [0.2, 0.25) is 0 Å². The number of nitrogens with zero attached hydrogens (tertiary/aromatic N) is 4. The Morgan fingerprint density at radius 3 is 2.74 bits per heavy atom. The third-order valence-corrected chi connectivity index (χ3v) is 3.17. The average Bonchev–Trinajstić information content (AvgIpc) is 2.86. The molecule has 2 rings (SSSR count). The van der Waals surface area contributed by atoms with Gasteiger partial charge in [-0.2, -0.15) is 5.10 Å². The van der Waals surface area contributed by atoms with Gasteiger partial charge in [-0.1, -0.05) is 13.0 Å². The Kier molecular flexibility index (Phi) is 4.63. The van der Waals surface area contributed by atoms with Gasteiger partial charge < -0.3 is 5.32 Å². The van der Waals surface area contributed by atoms with Gasteiger partial charge in [0.1, 0.15) is 12.2 Å². The van der Waals surface area contributed by atoms with Crippen LogP contribution in [0.4, 0.5) is 0 Å². The molecule has 0 spiro atoms. The van der Waals surface area contributed by atoms with Crippen LogP contribution in [0.2, 0.25) is 0 Å². The van der Waals surface area contributed by atoms with Gasteiger partial charge in [0, 0.05) is 30.9 Å². The second-order valence-corrected chi connectivity index (χ2v) is 4.54. The molecule has 2 heterocycles. The lowest BCUT2D eigenvalue weighted by atomic mass is 10.0. The second kappa shape index (κ2) is 6.43. The summed E-state index contributed by atoms with van der Waals surface area (Å²) >= 11 is 0. The third kappa shape index (κ3) is 3.38. The highest BCUT2D eigenvalue weighted by atomic mass is 15.3. The summed E-state index contributed by atoms with van der Waals surface area (Å²) in [5.41, 5.74) is 2.23. The van der Waals surface area contributed by atoms with E-state index in [1.807, 2.05) is 23.9 Å². The first-order chi connectivity index (χ1) is 9.24. The fraction of sp³-hybridized carbons (Fsp3) is 0.500. The Balaban J connectivity index is 2.18. The van der Waals surface area contributed by atoms with Gasteiger partial charge in [-0.3, -0.25) is 9.67 Å². The Labute approximate surface area is 114 Å². The van der Waals surface area contributed by atoms with Crippen LogP contribution in [0.5, 0.6) is 0 Å². The van der Waals surface area contributed by atoms with Crippen LogP contribution < -0.4 is 5.32 Å². The minimum atomic E-state index is 0.229. The summed E-state index contributed by atoms with van der Waals surface area (Å²) in [6.07, 6.45) is 4.39. The molecule has 0 aromatic carbocycles. The van der Waals surface area contributed by atoms with Crippen LogP contribution in [0.1, 0.15) is 37.0 Å². The van der Waals surface area contributed by atoms with Crippen molar-refractivity contribution >= 4 is 0 Å². The summed E-state index contributed by atoms with van der Waals surface area (Å²) in [4.78, 5) is 8.71. The summed E-state index contributed by atoms with van der Waals surface area (Å²) in [6.45, 7) is 7.95.